The smallest absolute Gasteiger partial charge is 0.256 e. The lowest BCUT2D eigenvalue weighted by molar-refractivity contribution is 0.0733. The van der Waals surface area contributed by atoms with Crippen molar-refractivity contribution >= 4 is 23.3 Å². The standard InChI is InChI=1S/C12H15ClFN3O2/c1-7(2)17(6-10(15)16-19)12(18)8-4-3-5-9(14)11(8)13/h3-5,7,19H,6H2,1-2H3,(H2,15,16). The molecule has 0 bridgehead atoms. The number of rotatable bonds is 4. The molecule has 0 aromatic heterocycles. The van der Waals surface area contributed by atoms with Crippen molar-refractivity contribution in [3.05, 3.63) is 34.6 Å². The number of amides is 1. The molecule has 0 saturated carbocycles. The Morgan fingerprint density at radius 3 is 2.74 bits per heavy atom. The number of nitrogens with two attached hydrogens (primary N) is 1. The first-order chi connectivity index (χ1) is 8.88. The zero-order valence-corrected chi connectivity index (χ0v) is 11.4. The minimum atomic E-state index is -0.667. The molecule has 19 heavy (non-hydrogen) atoms. The number of carbonyl (C=O) groups is 1. The van der Waals surface area contributed by atoms with Crippen LogP contribution >= 0.6 is 11.6 Å². The van der Waals surface area contributed by atoms with E-state index in [2.05, 4.69) is 5.16 Å². The van der Waals surface area contributed by atoms with Crippen LogP contribution in [0.3, 0.4) is 0 Å². The highest BCUT2D eigenvalue weighted by atomic mass is 35.5. The van der Waals surface area contributed by atoms with Crippen molar-refractivity contribution in [3.63, 3.8) is 0 Å². The number of amidine groups is 1. The molecule has 0 saturated heterocycles. The molecule has 0 spiro atoms. The van der Waals surface area contributed by atoms with E-state index in [1.54, 1.807) is 13.8 Å². The lowest BCUT2D eigenvalue weighted by atomic mass is 10.1. The summed E-state index contributed by atoms with van der Waals surface area (Å²) < 4.78 is 13.3. The van der Waals surface area contributed by atoms with Crippen molar-refractivity contribution in [3.8, 4) is 0 Å². The van der Waals surface area contributed by atoms with E-state index in [1.165, 1.54) is 23.1 Å². The van der Waals surface area contributed by atoms with Gasteiger partial charge in [0.2, 0.25) is 0 Å². The number of hydrogen-bond donors (Lipinski definition) is 2. The number of halogens is 2. The molecule has 5 nitrogen and oxygen atoms in total. The van der Waals surface area contributed by atoms with Crippen LogP contribution in [0.2, 0.25) is 5.02 Å². The summed E-state index contributed by atoms with van der Waals surface area (Å²) in [4.78, 5) is 13.6. The Bertz CT molecular complexity index is 506. The van der Waals surface area contributed by atoms with Crippen molar-refractivity contribution in [1.29, 1.82) is 0 Å². The van der Waals surface area contributed by atoms with Gasteiger partial charge in [-0.3, -0.25) is 4.79 Å². The predicted molar refractivity (Wildman–Crippen MR) is 71.0 cm³/mol. The van der Waals surface area contributed by atoms with Crippen molar-refractivity contribution in [2.24, 2.45) is 10.9 Å². The van der Waals surface area contributed by atoms with Gasteiger partial charge in [0.1, 0.15) is 5.82 Å². The van der Waals surface area contributed by atoms with Crippen molar-refractivity contribution in [1.82, 2.24) is 4.90 Å². The lowest BCUT2D eigenvalue weighted by Gasteiger charge is -2.26. The van der Waals surface area contributed by atoms with Gasteiger partial charge in [0.15, 0.2) is 5.84 Å². The fourth-order valence-electron chi connectivity index (χ4n) is 1.52. The van der Waals surface area contributed by atoms with E-state index in [0.717, 1.165) is 0 Å². The van der Waals surface area contributed by atoms with Gasteiger partial charge in [-0.05, 0) is 26.0 Å². The largest absolute Gasteiger partial charge is 0.409 e. The highest BCUT2D eigenvalue weighted by molar-refractivity contribution is 6.34. The molecule has 0 radical (unpaired) electrons. The molecule has 0 heterocycles. The van der Waals surface area contributed by atoms with Gasteiger partial charge in [-0.15, -0.1) is 0 Å². The van der Waals surface area contributed by atoms with Gasteiger partial charge < -0.3 is 15.8 Å². The van der Waals surface area contributed by atoms with Crippen molar-refractivity contribution in [2.75, 3.05) is 6.54 Å². The Morgan fingerprint density at radius 1 is 1.58 bits per heavy atom. The fraction of sp³-hybridized carbons (Fsp3) is 0.333. The molecule has 1 aromatic rings. The third kappa shape index (κ3) is 3.57. The summed E-state index contributed by atoms with van der Waals surface area (Å²) in [5, 5.41) is 11.1. The van der Waals surface area contributed by atoms with Crippen LogP contribution in [0.4, 0.5) is 4.39 Å². The Hall–Kier alpha value is -1.82. The zero-order valence-electron chi connectivity index (χ0n) is 10.6. The Labute approximate surface area is 115 Å². The molecule has 3 N–H and O–H groups in total. The molecule has 1 rings (SSSR count). The summed E-state index contributed by atoms with van der Waals surface area (Å²) in [6.45, 7) is 3.45. The predicted octanol–water partition coefficient (Wildman–Crippen LogP) is 2.08. The minimum Gasteiger partial charge on any atom is -0.409 e. The van der Waals surface area contributed by atoms with E-state index in [0.29, 0.717) is 0 Å². The topological polar surface area (TPSA) is 78.9 Å². The molecule has 0 fully saturated rings. The second-order valence-electron chi connectivity index (χ2n) is 4.22. The molecule has 0 atom stereocenters. The van der Waals surface area contributed by atoms with E-state index in [9.17, 15) is 9.18 Å². The van der Waals surface area contributed by atoms with Crippen LogP contribution in [0.25, 0.3) is 0 Å². The molecule has 104 valence electrons. The quantitative estimate of drug-likeness (QED) is 0.385. The number of benzene rings is 1. The average molecular weight is 288 g/mol. The van der Waals surface area contributed by atoms with Gasteiger partial charge in [0, 0.05) is 6.04 Å². The highest BCUT2D eigenvalue weighted by Gasteiger charge is 2.23. The molecule has 0 unspecified atom stereocenters. The summed E-state index contributed by atoms with van der Waals surface area (Å²) in [6.07, 6.45) is 0. The molecule has 0 aliphatic carbocycles. The molecule has 1 aromatic carbocycles. The lowest BCUT2D eigenvalue weighted by Crippen LogP contribution is -2.43. The van der Waals surface area contributed by atoms with Crippen LogP contribution in [0, 0.1) is 5.82 Å². The van der Waals surface area contributed by atoms with Crippen molar-refractivity contribution < 1.29 is 14.4 Å². The third-order valence-electron chi connectivity index (χ3n) is 2.53. The molecule has 7 heteroatoms. The molecule has 0 aliphatic heterocycles. The fourth-order valence-corrected chi connectivity index (χ4v) is 1.73. The Kier molecular flexibility index (Phi) is 5.11. The summed E-state index contributed by atoms with van der Waals surface area (Å²) in [6, 6.07) is 3.78. The molecular weight excluding hydrogens is 273 g/mol. The Balaban J connectivity index is 3.10. The first-order valence-corrected chi connectivity index (χ1v) is 5.97. The van der Waals surface area contributed by atoms with Gasteiger partial charge >= 0.3 is 0 Å². The van der Waals surface area contributed by atoms with Crippen LogP contribution in [0.1, 0.15) is 24.2 Å². The third-order valence-corrected chi connectivity index (χ3v) is 2.91. The summed E-state index contributed by atoms with van der Waals surface area (Å²) >= 11 is 5.77. The molecule has 0 aliphatic rings. The highest BCUT2D eigenvalue weighted by Crippen LogP contribution is 2.21. The van der Waals surface area contributed by atoms with E-state index in [1.807, 2.05) is 0 Å². The normalized spacial score (nSPS) is 11.7. The van der Waals surface area contributed by atoms with Crippen LogP contribution in [-0.4, -0.2) is 34.4 Å². The van der Waals surface area contributed by atoms with E-state index < -0.39 is 11.7 Å². The maximum Gasteiger partial charge on any atom is 0.256 e. The summed E-state index contributed by atoms with van der Waals surface area (Å²) in [5.41, 5.74) is 5.44. The van der Waals surface area contributed by atoms with Crippen LogP contribution in [0.5, 0.6) is 0 Å². The van der Waals surface area contributed by atoms with Crippen LogP contribution in [0.15, 0.2) is 23.4 Å². The maximum atomic E-state index is 13.3. The van der Waals surface area contributed by atoms with Crippen LogP contribution in [-0.2, 0) is 0 Å². The minimum absolute atomic E-state index is 0.0427. The summed E-state index contributed by atoms with van der Waals surface area (Å²) in [5.74, 6) is -1.26. The summed E-state index contributed by atoms with van der Waals surface area (Å²) in [7, 11) is 0. The number of carbonyl (C=O) groups excluding carboxylic acids is 1. The van der Waals surface area contributed by atoms with E-state index in [-0.39, 0.29) is 29.0 Å². The second-order valence-corrected chi connectivity index (χ2v) is 4.60. The van der Waals surface area contributed by atoms with Crippen LogP contribution < -0.4 is 5.73 Å². The number of nitrogens with zero attached hydrogens (tertiary/aromatic N) is 2. The second kappa shape index (κ2) is 6.38. The van der Waals surface area contributed by atoms with Gasteiger partial charge in [-0.2, -0.15) is 0 Å². The molecular formula is C12H15ClFN3O2. The van der Waals surface area contributed by atoms with E-state index in [4.69, 9.17) is 22.5 Å². The average Bonchev–Trinajstić information content (AvgIpc) is 2.37. The number of hydrogen-bond acceptors (Lipinski definition) is 3. The van der Waals surface area contributed by atoms with E-state index >= 15 is 0 Å². The molecule has 1 amide bonds. The van der Waals surface area contributed by atoms with Gasteiger partial charge in [-0.1, -0.05) is 22.8 Å². The van der Waals surface area contributed by atoms with Crippen molar-refractivity contribution in [2.45, 2.75) is 19.9 Å². The SMILES string of the molecule is CC(C)N(C/C(N)=N/O)C(=O)c1cccc(F)c1Cl. The van der Waals surface area contributed by atoms with Gasteiger partial charge in [0.25, 0.3) is 5.91 Å². The maximum absolute atomic E-state index is 13.3. The number of oxime groups is 1. The monoisotopic (exact) mass is 287 g/mol. The van der Waals surface area contributed by atoms with Gasteiger partial charge in [0.05, 0.1) is 17.1 Å². The first-order valence-electron chi connectivity index (χ1n) is 5.59. The zero-order chi connectivity index (χ0) is 14.6. The Morgan fingerprint density at radius 2 is 2.21 bits per heavy atom. The first kappa shape index (κ1) is 15.2. The van der Waals surface area contributed by atoms with Gasteiger partial charge in [-0.25, -0.2) is 4.39 Å².